The van der Waals surface area contributed by atoms with Crippen LogP contribution < -0.4 is 0 Å². The molecule has 0 saturated heterocycles. The van der Waals surface area contributed by atoms with Gasteiger partial charge in [0.15, 0.2) is 0 Å². The second-order valence-electron chi connectivity index (χ2n) is 10.5. The van der Waals surface area contributed by atoms with E-state index in [1.165, 1.54) is 114 Å². The Morgan fingerprint density at radius 1 is 0.774 bits per heavy atom. The molecule has 2 aliphatic carbocycles. The molecule has 0 amide bonds. The van der Waals surface area contributed by atoms with Gasteiger partial charge >= 0.3 is 0 Å². The van der Waals surface area contributed by atoms with Crippen LogP contribution in [0.1, 0.15) is 108 Å². The van der Waals surface area contributed by atoms with Crippen LogP contribution in [-0.2, 0) is 12.8 Å². The molecule has 0 spiro atoms. The maximum absolute atomic E-state index is 8.72. The maximum Gasteiger partial charge on any atom is 0.0908 e. The molecule has 31 heavy (non-hydrogen) atoms. The van der Waals surface area contributed by atoms with Crippen LogP contribution in [0.25, 0.3) is 0 Å². The van der Waals surface area contributed by atoms with Gasteiger partial charge in [-0.25, -0.2) is 0 Å². The third-order valence-corrected chi connectivity index (χ3v) is 8.24. The van der Waals surface area contributed by atoms with Crippen LogP contribution in [0.2, 0.25) is 0 Å². The SMILES string of the molecule is CCCCCc1ccc(CCCCC2CCC(C3CCC(/C=C/C#N)CC3)CC2)cc1. The third-order valence-electron chi connectivity index (χ3n) is 8.24. The molecule has 2 saturated carbocycles. The van der Waals surface area contributed by atoms with Crippen LogP contribution in [0, 0.1) is 35.0 Å². The molecule has 2 fully saturated rings. The number of hydrogen-bond acceptors (Lipinski definition) is 1. The van der Waals surface area contributed by atoms with E-state index in [1.807, 2.05) is 0 Å². The first-order chi connectivity index (χ1) is 15.3. The molecule has 1 nitrogen and oxygen atoms in total. The van der Waals surface area contributed by atoms with Crippen molar-refractivity contribution in [3.05, 3.63) is 47.5 Å². The number of nitrogens with zero attached hydrogens (tertiary/aromatic N) is 1. The summed E-state index contributed by atoms with van der Waals surface area (Å²) in [5.41, 5.74) is 3.05. The number of rotatable bonds is 11. The van der Waals surface area contributed by atoms with Crippen molar-refractivity contribution in [2.75, 3.05) is 0 Å². The molecule has 0 unspecified atom stereocenters. The zero-order valence-corrected chi connectivity index (χ0v) is 20.0. The zero-order valence-electron chi connectivity index (χ0n) is 20.0. The molecule has 0 aromatic heterocycles. The third kappa shape index (κ3) is 8.48. The first kappa shape index (κ1) is 24.1. The van der Waals surface area contributed by atoms with Crippen LogP contribution in [0.15, 0.2) is 36.4 Å². The fraction of sp³-hybridized carbons (Fsp3) is 0.700. The summed E-state index contributed by atoms with van der Waals surface area (Å²) in [5.74, 6) is 3.63. The van der Waals surface area contributed by atoms with Crippen LogP contribution in [-0.4, -0.2) is 0 Å². The summed E-state index contributed by atoms with van der Waals surface area (Å²) in [7, 11) is 0. The Bertz CT molecular complexity index is 663. The van der Waals surface area contributed by atoms with E-state index < -0.39 is 0 Å². The normalized spacial score (nSPS) is 26.7. The van der Waals surface area contributed by atoms with Crippen LogP contribution in [0.3, 0.4) is 0 Å². The minimum Gasteiger partial charge on any atom is -0.193 e. The fourth-order valence-corrected chi connectivity index (χ4v) is 6.15. The number of unbranched alkanes of at least 4 members (excludes halogenated alkanes) is 3. The van der Waals surface area contributed by atoms with Gasteiger partial charge in [0.2, 0.25) is 0 Å². The molecule has 0 aliphatic heterocycles. The lowest BCUT2D eigenvalue weighted by Crippen LogP contribution is -2.25. The summed E-state index contributed by atoms with van der Waals surface area (Å²) in [6.07, 6.45) is 25.9. The highest BCUT2D eigenvalue weighted by Gasteiger charge is 2.30. The van der Waals surface area contributed by atoms with Gasteiger partial charge in [-0.15, -0.1) is 0 Å². The summed E-state index contributed by atoms with van der Waals surface area (Å²) >= 11 is 0. The van der Waals surface area contributed by atoms with Gasteiger partial charge in [0.1, 0.15) is 0 Å². The molecule has 0 bridgehead atoms. The molecular formula is C30H45N. The maximum atomic E-state index is 8.72. The molecule has 0 atom stereocenters. The van der Waals surface area contributed by atoms with Crippen molar-refractivity contribution in [3.8, 4) is 6.07 Å². The van der Waals surface area contributed by atoms with E-state index in [9.17, 15) is 0 Å². The lowest BCUT2D eigenvalue weighted by molar-refractivity contribution is 0.151. The Morgan fingerprint density at radius 2 is 1.32 bits per heavy atom. The van der Waals surface area contributed by atoms with E-state index in [0.29, 0.717) is 5.92 Å². The van der Waals surface area contributed by atoms with Crippen molar-refractivity contribution >= 4 is 0 Å². The topological polar surface area (TPSA) is 23.8 Å². The monoisotopic (exact) mass is 419 g/mol. The van der Waals surface area contributed by atoms with E-state index in [4.69, 9.17) is 5.26 Å². The largest absolute Gasteiger partial charge is 0.193 e. The lowest BCUT2D eigenvalue weighted by Gasteiger charge is -2.37. The van der Waals surface area contributed by atoms with Crippen LogP contribution in [0.5, 0.6) is 0 Å². The van der Waals surface area contributed by atoms with Gasteiger partial charge in [-0.1, -0.05) is 75.8 Å². The number of hydrogen-bond donors (Lipinski definition) is 0. The van der Waals surface area contributed by atoms with E-state index in [0.717, 1.165) is 17.8 Å². The Balaban J connectivity index is 1.26. The summed E-state index contributed by atoms with van der Waals surface area (Å²) in [4.78, 5) is 0. The Morgan fingerprint density at radius 3 is 1.87 bits per heavy atom. The molecule has 0 radical (unpaired) electrons. The predicted molar refractivity (Wildman–Crippen MR) is 133 cm³/mol. The number of allylic oxidation sites excluding steroid dienone is 2. The Labute approximate surface area is 192 Å². The minimum atomic E-state index is 0.671. The van der Waals surface area contributed by atoms with Crippen molar-refractivity contribution in [2.24, 2.45) is 23.7 Å². The smallest absolute Gasteiger partial charge is 0.0908 e. The van der Waals surface area contributed by atoms with Crippen LogP contribution >= 0.6 is 0 Å². The van der Waals surface area contributed by atoms with Crippen molar-refractivity contribution in [1.29, 1.82) is 5.26 Å². The van der Waals surface area contributed by atoms with Crippen molar-refractivity contribution in [3.63, 3.8) is 0 Å². The molecule has 170 valence electrons. The fourth-order valence-electron chi connectivity index (χ4n) is 6.15. The number of benzene rings is 1. The molecule has 2 aliphatic rings. The van der Waals surface area contributed by atoms with Gasteiger partial charge in [-0.2, -0.15) is 5.26 Å². The van der Waals surface area contributed by atoms with Gasteiger partial charge in [0, 0.05) is 6.08 Å². The highest BCUT2D eigenvalue weighted by atomic mass is 14.4. The van der Waals surface area contributed by atoms with Gasteiger partial charge < -0.3 is 0 Å². The predicted octanol–water partition coefficient (Wildman–Crippen LogP) is 8.82. The molecule has 3 rings (SSSR count). The number of nitriles is 1. The van der Waals surface area contributed by atoms with Crippen LogP contribution in [0.4, 0.5) is 0 Å². The molecule has 0 N–H and O–H groups in total. The summed E-state index contributed by atoms with van der Waals surface area (Å²) < 4.78 is 0. The highest BCUT2D eigenvalue weighted by molar-refractivity contribution is 5.22. The van der Waals surface area contributed by atoms with E-state index in [2.05, 4.69) is 43.3 Å². The van der Waals surface area contributed by atoms with E-state index in [-0.39, 0.29) is 0 Å². The first-order valence-electron chi connectivity index (χ1n) is 13.4. The Hall–Kier alpha value is -1.55. The zero-order chi connectivity index (χ0) is 21.7. The summed E-state index contributed by atoms with van der Waals surface area (Å²) in [5, 5.41) is 8.72. The van der Waals surface area contributed by atoms with Crippen molar-refractivity contribution in [1.82, 2.24) is 0 Å². The first-order valence-corrected chi connectivity index (χ1v) is 13.4. The molecular weight excluding hydrogens is 374 g/mol. The van der Waals surface area contributed by atoms with Gasteiger partial charge in [0.25, 0.3) is 0 Å². The average molecular weight is 420 g/mol. The lowest BCUT2D eigenvalue weighted by atomic mass is 9.68. The second-order valence-corrected chi connectivity index (χ2v) is 10.5. The quantitative estimate of drug-likeness (QED) is 0.259. The molecule has 1 aromatic carbocycles. The minimum absolute atomic E-state index is 0.671. The standard InChI is InChI=1S/C30H45N/c1-2-3-4-8-25-12-14-26(15-13-25)9-5-6-10-27-16-20-29(21-17-27)30-22-18-28(19-23-30)11-7-24-31/h7,11-15,27-30H,2-6,8-10,16-23H2,1H3/b11-7+. The van der Waals surface area contributed by atoms with Gasteiger partial charge in [-0.3, -0.25) is 0 Å². The van der Waals surface area contributed by atoms with Crippen molar-refractivity contribution in [2.45, 2.75) is 110 Å². The van der Waals surface area contributed by atoms with Gasteiger partial charge in [-0.05, 0) is 99.0 Å². The number of aryl methyl sites for hydroxylation is 2. The second kappa shape index (κ2) is 13.8. The summed E-state index contributed by atoms with van der Waals surface area (Å²) in [6, 6.07) is 11.6. The molecule has 1 aromatic rings. The Kier molecular flexibility index (Phi) is 10.7. The van der Waals surface area contributed by atoms with E-state index in [1.54, 1.807) is 6.08 Å². The molecule has 0 heterocycles. The van der Waals surface area contributed by atoms with Crippen molar-refractivity contribution < 1.29 is 0 Å². The summed E-state index contributed by atoms with van der Waals surface area (Å²) in [6.45, 7) is 2.28. The average Bonchev–Trinajstić information content (AvgIpc) is 2.82. The molecule has 1 heteroatoms. The van der Waals surface area contributed by atoms with E-state index >= 15 is 0 Å². The highest BCUT2D eigenvalue weighted by Crippen LogP contribution is 2.42. The van der Waals surface area contributed by atoms with Gasteiger partial charge in [0.05, 0.1) is 6.07 Å².